The first kappa shape index (κ1) is 9.03. The zero-order chi connectivity index (χ0) is 9.14. The van der Waals surface area contributed by atoms with Crippen molar-refractivity contribution in [2.75, 3.05) is 6.61 Å². The molecule has 0 bridgehead atoms. The highest BCUT2D eigenvalue weighted by molar-refractivity contribution is 5.35. The molecule has 0 saturated carbocycles. The molecule has 1 rings (SSSR count). The number of phenolic OH excluding ortho intramolecular Hbond substituents is 1. The van der Waals surface area contributed by atoms with E-state index in [1.165, 1.54) is 6.07 Å². The molecule has 0 aliphatic carbocycles. The molecule has 66 valence electrons. The molecular weight excluding hydrogens is 156 g/mol. The molecule has 0 aliphatic heterocycles. The lowest BCUT2D eigenvalue weighted by Gasteiger charge is -2.10. The number of aliphatic hydroxyl groups excluding tert-OH is 2. The Morgan fingerprint density at radius 3 is 2.58 bits per heavy atom. The maximum Gasteiger partial charge on any atom is 0.115 e. The minimum atomic E-state index is -0.856. The lowest BCUT2D eigenvalue weighted by atomic mass is 10.0. The largest absolute Gasteiger partial charge is 0.508 e. The summed E-state index contributed by atoms with van der Waals surface area (Å²) in [6.45, 7) is 1.47. The predicted octanol–water partition coefficient (Wildman–Crippen LogP) is 0.726. The van der Waals surface area contributed by atoms with Crippen LogP contribution in [0.1, 0.15) is 17.2 Å². The van der Waals surface area contributed by atoms with Crippen molar-refractivity contribution in [1.29, 1.82) is 0 Å². The average molecular weight is 168 g/mol. The molecule has 0 saturated heterocycles. The van der Waals surface area contributed by atoms with Gasteiger partial charge in [-0.3, -0.25) is 0 Å². The van der Waals surface area contributed by atoms with Crippen LogP contribution in [0.4, 0.5) is 0 Å². The molecule has 0 amide bonds. The standard InChI is InChI=1S/C9H12O3/c1-6-4-7(11)2-3-8(6)9(12)5-10/h2-4,9-12H,5H2,1H3. The molecule has 1 atom stereocenters. The van der Waals surface area contributed by atoms with Crippen LogP contribution < -0.4 is 0 Å². The predicted molar refractivity (Wildman–Crippen MR) is 44.9 cm³/mol. The first-order chi connectivity index (χ1) is 5.65. The lowest BCUT2D eigenvalue weighted by molar-refractivity contribution is 0.0951. The maximum absolute atomic E-state index is 9.27. The molecule has 3 nitrogen and oxygen atoms in total. The Morgan fingerprint density at radius 2 is 2.08 bits per heavy atom. The zero-order valence-corrected chi connectivity index (χ0v) is 6.86. The van der Waals surface area contributed by atoms with Gasteiger partial charge in [0, 0.05) is 0 Å². The van der Waals surface area contributed by atoms with Gasteiger partial charge >= 0.3 is 0 Å². The molecule has 1 aromatic carbocycles. The lowest BCUT2D eigenvalue weighted by Crippen LogP contribution is -2.03. The Hall–Kier alpha value is -1.06. The normalized spacial score (nSPS) is 12.9. The van der Waals surface area contributed by atoms with E-state index >= 15 is 0 Å². The highest BCUT2D eigenvalue weighted by atomic mass is 16.3. The number of benzene rings is 1. The number of phenols is 1. The minimum Gasteiger partial charge on any atom is -0.508 e. The third-order valence-corrected chi connectivity index (χ3v) is 1.79. The van der Waals surface area contributed by atoms with Gasteiger partial charge in [-0.05, 0) is 30.2 Å². The van der Waals surface area contributed by atoms with E-state index in [4.69, 9.17) is 10.2 Å². The minimum absolute atomic E-state index is 0.168. The summed E-state index contributed by atoms with van der Waals surface area (Å²) in [6, 6.07) is 4.64. The molecule has 0 aromatic heterocycles. The molecule has 3 N–H and O–H groups in total. The topological polar surface area (TPSA) is 60.7 Å². The van der Waals surface area contributed by atoms with Crippen LogP contribution in [0.3, 0.4) is 0 Å². The second-order valence-corrected chi connectivity index (χ2v) is 2.74. The summed E-state index contributed by atoms with van der Waals surface area (Å²) in [7, 11) is 0. The SMILES string of the molecule is Cc1cc(O)ccc1C(O)CO. The van der Waals surface area contributed by atoms with Crippen LogP contribution in [0, 0.1) is 6.92 Å². The Kier molecular flexibility index (Phi) is 2.68. The summed E-state index contributed by atoms with van der Waals surface area (Å²) in [5.41, 5.74) is 1.42. The molecule has 0 fully saturated rings. The number of rotatable bonds is 2. The van der Waals surface area contributed by atoms with Gasteiger partial charge in [-0.1, -0.05) is 6.07 Å². The fourth-order valence-corrected chi connectivity index (χ4v) is 1.13. The van der Waals surface area contributed by atoms with E-state index < -0.39 is 6.10 Å². The van der Waals surface area contributed by atoms with Crippen LogP contribution in [-0.2, 0) is 0 Å². The third-order valence-electron chi connectivity index (χ3n) is 1.79. The molecule has 12 heavy (non-hydrogen) atoms. The van der Waals surface area contributed by atoms with Crippen molar-refractivity contribution < 1.29 is 15.3 Å². The van der Waals surface area contributed by atoms with Crippen molar-refractivity contribution in [2.24, 2.45) is 0 Å². The Morgan fingerprint density at radius 1 is 1.42 bits per heavy atom. The van der Waals surface area contributed by atoms with Gasteiger partial charge in [0.25, 0.3) is 0 Å². The van der Waals surface area contributed by atoms with E-state index in [0.717, 1.165) is 5.56 Å². The van der Waals surface area contributed by atoms with Crippen molar-refractivity contribution in [1.82, 2.24) is 0 Å². The van der Waals surface area contributed by atoms with Gasteiger partial charge in [-0.15, -0.1) is 0 Å². The van der Waals surface area contributed by atoms with E-state index in [0.29, 0.717) is 5.56 Å². The first-order valence-corrected chi connectivity index (χ1v) is 3.73. The number of hydrogen-bond acceptors (Lipinski definition) is 3. The van der Waals surface area contributed by atoms with E-state index in [9.17, 15) is 5.11 Å². The van der Waals surface area contributed by atoms with Gasteiger partial charge < -0.3 is 15.3 Å². The number of aromatic hydroxyl groups is 1. The fourth-order valence-electron chi connectivity index (χ4n) is 1.13. The van der Waals surface area contributed by atoms with Gasteiger partial charge in [0.15, 0.2) is 0 Å². The number of hydrogen-bond donors (Lipinski definition) is 3. The van der Waals surface area contributed by atoms with Crippen molar-refractivity contribution in [3.63, 3.8) is 0 Å². The van der Waals surface area contributed by atoms with Gasteiger partial charge in [-0.2, -0.15) is 0 Å². The highest BCUT2D eigenvalue weighted by Gasteiger charge is 2.08. The van der Waals surface area contributed by atoms with Crippen LogP contribution in [0.5, 0.6) is 5.75 Å². The van der Waals surface area contributed by atoms with Crippen molar-refractivity contribution in [2.45, 2.75) is 13.0 Å². The molecule has 0 aliphatic rings. The average Bonchev–Trinajstić information content (AvgIpc) is 2.03. The van der Waals surface area contributed by atoms with Crippen LogP contribution in [-0.4, -0.2) is 21.9 Å². The summed E-state index contributed by atoms with van der Waals surface area (Å²) in [4.78, 5) is 0. The van der Waals surface area contributed by atoms with E-state index in [1.54, 1.807) is 19.1 Å². The third kappa shape index (κ3) is 1.75. The van der Waals surface area contributed by atoms with Crippen LogP contribution in [0.15, 0.2) is 18.2 Å². The van der Waals surface area contributed by atoms with Crippen molar-refractivity contribution in [3.8, 4) is 5.75 Å². The van der Waals surface area contributed by atoms with Crippen molar-refractivity contribution >= 4 is 0 Å². The highest BCUT2D eigenvalue weighted by Crippen LogP contribution is 2.21. The smallest absolute Gasteiger partial charge is 0.115 e. The Bertz CT molecular complexity index is 270. The molecule has 3 heteroatoms. The number of aliphatic hydroxyl groups is 2. The van der Waals surface area contributed by atoms with Crippen LogP contribution in [0.25, 0.3) is 0 Å². The zero-order valence-electron chi connectivity index (χ0n) is 6.86. The summed E-state index contributed by atoms with van der Waals surface area (Å²) in [5, 5.41) is 27.0. The molecule has 0 spiro atoms. The van der Waals surface area contributed by atoms with E-state index in [2.05, 4.69) is 0 Å². The first-order valence-electron chi connectivity index (χ1n) is 3.73. The summed E-state index contributed by atoms with van der Waals surface area (Å²) in [5.74, 6) is 0.168. The van der Waals surface area contributed by atoms with E-state index in [1.807, 2.05) is 0 Å². The Balaban J connectivity index is 3.01. The second-order valence-electron chi connectivity index (χ2n) is 2.74. The summed E-state index contributed by atoms with van der Waals surface area (Å²) >= 11 is 0. The monoisotopic (exact) mass is 168 g/mol. The molecule has 1 unspecified atom stereocenters. The van der Waals surface area contributed by atoms with Gasteiger partial charge in [0.05, 0.1) is 6.61 Å². The summed E-state index contributed by atoms with van der Waals surface area (Å²) in [6.07, 6.45) is -0.856. The second kappa shape index (κ2) is 3.56. The quantitative estimate of drug-likeness (QED) is 0.610. The van der Waals surface area contributed by atoms with Gasteiger partial charge in [0.2, 0.25) is 0 Å². The molecule has 0 heterocycles. The summed E-state index contributed by atoms with van der Waals surface area (Å²) < 4.78 is 0. The Labute approximate surface area is 70.9 Å². The molecule has 0 radical (unpaired) electrons. The number of aryl methyl sites for hydroxylation is 1. The molecular formula is C9H12O3. The van der Waals surface area contributed by atoms with Crippen molar-refractivity contribution in [3.05, 3.63) is 29.3 Å². The van der Waals surface area contributed by atoms with Crippen LogP contribution in [0.2, 0.25) is 0 Å². The fraction of sp³-hybridized carbons (Fsp3) is 0.333. The molecule has 1 aromatic rings. The maximum atomic E-state index is 9.27. The van der Waals surface area contributed by atoms with Gasteiger partial charge in [0.1, 0.15) is 11.9 Å². The van der Waals surface area contributed by atoms with Crippen LogP contribution >= 0.6 is 0 Å². The van der Waals surface area contributed by atoms with Gasteiger partial charge in [-0.25, -0.2) is 0 Å². The van der Waals surface area contributed by atoms with E-state index in [-0.39, 0.29) is 12.4 Å².